The molecule has 0 saturated carbocycles. The molecule has 2 aromatic rings. The average Bonchev–Trinajstić information content (AvgIpc) is 2.80. The summed E-state index contributed by atoms with van der Waals surface area (Å²) in [6.45, 7) is 2.50. The fraction of sp³-hybridized carbons (Fsp3) is 0.182. The van der Waals surface area contributed by atoms with E-state index in [2.05, 4.69) is 25.8 Å². The molecule has 0 bridgehead atoms. The maximum absolute atomic E-state index is 13.2. The van der Waals surface area contributed by atoms with Crippen molar-refractivity contribution >= 4 is 37.3 Å². The van der Waals surface area contributed by atoms with Crippen LogP contribution in [0.15, 0.2) is 33.9 Å². The number of halogens is 2. The molecule has 0 fully saturated rings. The molecular formula is C11H12BrFN4O2S. The third-order valence-corrected chi connectivity index (χ3v) is 4.89. The van der Waals surface area contributed by atoms with E-state index in [4.69, 9.17) is 5.73 Å². The second-order valence-electron chi connectivity index (χ2n) is 3.99. The van der Waals surface area contributed by atoms with Gasteiger partial charge in [-0.15, -0.1) is 0 Å². The molecule has 1 aromatic carbocycles. The Hall–Kier alpha value is -1.61. The van der Waals surface area contributed by atoms with Crippen molar-refractivity contribution in [1.29, 1.82) is 0 Å². The van der Waals surface area contributed by atoms with Gasteiger partial charge in [-0.05, 0) is 35.0 Å². The van der Waals surface area contributed by atoms with Gasteiger partial charge in [0.15, 0.2) is 0 Å². The predicted octanol–water partition coefficient (Wildman–Crippen LogP) is 2.19. The third kappa shape index (κ3) is 2.93. The molecule has 0 atom stereocenters. The lowest BCUT2D eigenvalue weighted by atomic mass is 10.3. The first kappa shape index (κ1) is 14.8. The first-order valence-electron chi connectivity index (χ1n) is 5.63. The molecule has 0 amide bonds. The Balaban J connectivity index is 2.37. The minimum absolute atomic E-state index is 0.0968. The van der Waals surface area contributed by atoms with Crippen molar-refractivity contribution in [2.24, 2.45) is 0 Å². The van der Waals surface area contributed by atoms with Crippen molar-refractivity contribution in [3.05, 3.63) is 34.8 Å². The number of anilines is 2. The summed E-state index contributed by atoms with van der Waals surface area (Å²) in [7, 11) is -3.88. The summed E-state index contributed by atoms with van der Waals surface area (Å²) < 4.78 is 41.7. The van der Waals surface area contributed by atoms with Crippen molar-refractivity contribution in [1.82, 2.24) is 9.78 Å². The number of nitrogens with two attached hydrogens (primary N) is 1. The number of aryl methyl sites for hydroxylation is 1. The van der Waals surface area contributed by atoms with Crippen LogP contribution < -0.4 is 10.5 Å². The maximum atomic E-state index is 13.2. The van der Waals surface area contributed by atoms with Crippen molar-refractivity contribution in [2.45, 2.75) is 18.4 Å². The van der Waals surface area contributed by atoms with Gasteiger partial charge < -0.3 is 5.73 Å². The zero-order chi connectivity index (χ0) is 14.9. The fourth-order valence-electron chi connectivity index (χ4n) is 1.55. The van der Waals surface area contributed by atoms with Crippen LogP contribution in [0.1, 0.15) is 6.92 Å². The van der Waals surface area contributed by atoms with Gasteiger partial charge in [0.05, 0.1) is 17.6 Å². The smallest absolute Gasteiger partial charge is 0.263 e. The Morgan fingerprint density at radius 3 is 2.80 bits per heavy atom. The second kappa shape index (κ2) is 5.41. The number of benzene rings is 1. The lowest BCUT2D eigenvalue weighted by Crippen LogP contribution is -2.14. The summed E-state index contributed by atoms with van der Waals surface area (Å²) in [6, 6.07) is 2.07. The quantitative estimate of drug-likeness (QED) is 0.815. The van der Waals surface area contributed by atoms with Crippen molar-refractivity contribution in [2.75, 3.05) is 10.5 Å². The van der Waals surface area contributed by atoms with Gasteiger partial charge in [-0.2, -0.15) is 5.10 Å². The van der Waals surface area contributed by atoms with Crippen LogP contribution in [0.4, 0.5) is 15.8 Å². The molecule has 0 aliphatic heterocycles. The van der Waals surface area contributed by atoms with E-state index in [0.717, 1.165) is 12.1 Å². The molecule has 0 radical (unpaired) electrons. The SMILES string of the molecule is CCn1cc(NS(=O)(=O)c2cc(N)c(F)cc2Br)cn1. The van der Waals surface area contributed by atoms with E-state index < -0.39 is 15.8 Å². The summed E-state index contributed by atoms with van der Waals surface area (Å²) in [5.41, 5.74) is 5.48. The minimum atomic E-state index is -3.88. The minimum Gasteiger partial charge on any atom is -0.396 e. The standard InChI is InChI=1S/C11H12BrFN4O2S/c1-2-17-6-7(5-15-17)16-20(18,19)11-4-10(14)9(13)3-8(11)12/h3-6,16H,2,14H2,1H3. The number of hydrogen-bond acceptors (Lipinski definition) is 4. The molecule has 0 unspecified atom stereocenters. The molecular weight excluding hydrogens is 351 g/mol. The topological polar surface area (TPSA) is 90.0 Å². The molecule has 0 saturated heterocycles. The Bertz CT molecular complexity index is 745. The first-order chi connectivity index (χ1) is 9.33. The Labute approximate surface area is 124 Å². The largest absolute Gasteiger partial charge is 0.396 e. The van der Waals surface area contributed by atoms with Crippen molar-refractivity contribution < 1.29 is 12.8 Å². The molecule has 6 nitrogen and oxygen atoms in total. The molecule has 0 spiro atoms. The van der Waals surface area contributed by atoms with Gasteiger partial charge in [-0.1, -0.05) is 0 Å². The summed E-state index contributed by atoms with van der Waals surface area (Å²) in [5.74, 6) is -0.686. The monoisotopic (exact) mass is 362 g/mol. The van der Waals surface area contributed by atoms with Crippen LogP contribution in [-0.4, -0.2) is 18.2 Å². The maximum Gasteiger partial charge on any atom is 0.263 e. The van der Waals surface area contributed by atoms with E-state index in [0.29, 0.717) is 12.2 Å². The molecule has 2 rings (SSSR count). The number of nitrogens with zero attached hydrogens (tertiary/aromatic N) is 2. The number of sulfonamides is 1. The normalized spacial score (nSPS) is 11.6. The molecule has 1 heterocycles. The van der Waals surface area contributed by atoms with Crippen LogP contribution in [0.25, 0.3) is 0 Å². The summed E-state index contributed by atoms with van der Waals surface area (Å²) in [5, 5.41) is 3.96. The average molecular weight is 363 g/mol. The van der Waals surface area contributed by atoms with Gasteiger partial charge in [0, 0.05) is 17.2 Å². The summed E-state index contributed by atoms with van der Waals surface area (Å²) in [6.07, 6.45) is 2.94. The van der Waals surface area contributed by atoms with E-state index in [1.54, 1.807) is 10.9 Å². The van der Waals surface area contributed by atoms with Crippen LogP contribution >= 0.6 is 15.9 Å². The van der Waals surface area contributed by atoms with Crippen LogP contribution in [0, 0.1) is 5.82 Å². The summed E-state index contributed by atoms with van der Waals surface area (Å²) >= 11 is 3.01. The zero-order valence-electron chi connectivity index (χ0n) is 10.5. The predicted molar refractivity (Wildman–Crippen MR) is 77.2 cm³/mol. The number of rotatable bonds is 4. The van der Waals surface area contributed by atoms with Crippen LogP contribution in [0.5, 0.6) is 0 Å². The number of nitrogen functional groups attached to an aromatic ring is 1. The van der Waals surface area contributed by atoms with Gasteiger partial charge in [-0.3, -0.25) is 9.40 Å². The zero-order valence-corrected chi connectivity index (χ0v) is 12.9. The Morgan fingerprint density at radius 1 is 1.50 bits per heavy atom. The number of hydrogen-bond donors (Lipinski definition) is 2. The van der Waals surface area contributed by atoms with Crippen LogP contribution in [0.3, 0.4) is 0 Å². The summed E-state index contributed by atoms with van der Waals surface area (Å²) in [4.78, 5) is -0.138. The van der Waals surface area contributed by atoms with Crippen LogP contribution in [0.2, 0.25) is 0 Å². The van der Waals surface area contributed by atoms with E-state index in [-0.39, 0.29) is 15.1 Å². The highest BCUT2D eigenvalue weighted by atomic mass is 79.9. The van der Waals surface area contributed by atoms with E-state index in [9.17, 15) is 12.8 Å². The highest BCUT2D eigenvalue weighted by Gasteiger charge is 2.20. The second-order valence-corrected chi connectivity index (χ2v) is 6.50. The van der Waals surface area contributed by atoms with Crippen molar-refractivity contribution in [3.8, 4) is 0 Å². The van der Waals surface area contributed by atoms with Gasteiger partial charge in [0.1, 0.15) is 10.7 Å². The fourth-order valence-corrected chi connectivity index (χ4v) is 3.63. The van der Waals surface area contributed by atoms with E-state index >= 15 is 0 Å². The molecule has 108 valence electrons. The lowest BCUT2D eigenvalue weighted by molar-refractivity contribution is 0.599. The molecule has 1 aromatic heterocycles. The molecule has 3 N–H and O–H groups in total. The number of nitrogens with one attached hydrogen (secondary N) is 1. The highest BCUT2D eigenvalue weighted by molar-refractivity contribution is 9.10. The third-order valence-electron chi connectivity index (χ3n) is 2.55. The first-order valence-corrected chi connectivity index (χ1v) is 7.91. The van der Waals surface area contributed by atoms with Gasteiger partial charge in [0.2, 0.25) is 0 Å². The molecule has 9 heteroatoms. The highest BCUT2D eigenvalue weighted by Crippen LogP contribution is 2.28. The van der Waals surface area contributed by atoms with Gasteiger partial charge >= 0.3 is 0 Å². The number of aromatic nitrogens is 2. The van der Waals surface area contributed by atoms with Crippen molar-refractivity contribution in [3.63, 3.8) is 0 Å². The molecule has 20 heavy (non-hydrogen) atoms. The van der Waals surface area contributed by atoms with Gasteiger partial charge in [-0.25, -0.2) is 12.8 Å². The van der Waals surface area contributed by atoms with Crippen LogP contribution in [-0.2, 0) is 16.6 Å². The molecule has 0 aliphatic rings. The Morgan fingerprint density at radius 2 is 2.20 bits per heavy atom. The lowest BCUT2D eigenvalue weighted by Gasteiger charge is -2.09. The van der Waals surface area contributed by atoms with E-state index in [1.165, 1.54) is 6.20 Å². The molecule has 0 aliphatic carbocycles. The van der Waals surface area contributed by atoms with E-state index in [1.807, 2.05) is 6.92 Å². The van der Waals surface area contributed by atoms with Gasteiger partial charge in [0.25, 0.3) is 10.0 Å². The Kier molecular flexibility index (Phi) is 4.00.